The molecule has 0 aliphatic heterocycles. The average molecular weight is 344 g/mol. The molecule has 1 aromatic heterocycles. The molecule has 114 valence electrons. The SMILES string of the molecule is CCC(Cc1sccc1Cl)NS(=O)(=O)c1ccccc1C. The van der Waals surface area contributed by atoms with Gasteiger partial charge in [-0.1, -0.05) is 36.7 Å². The number of benzene rings is 1. The van der Waals surface area contributed by atoms with Gasteiger partial charge in [-0.05, 0) is 42.8 Å². The number of thiophene rings is 1. The van der Waals surface area contributed by atoms with E-state index in [0.29, 0.717) is 22.8 Å². The Balaban J connectivity index is 2.18. The largest absolute Gasteiger partial charge is 0.241 e. The van der Waals surface area contributed by atoms with Crippen LogP contribution in [0.3, 0.4) is 0 Å². The number of aryl methyl sites for hydroxylation is 1. The molecule has 0 saturated heterocycles. The Hall–Kier alpha value is -0.880. The van der Waals surface area contributed by atoms with Crippen molar-refractivity contribution in [3.63, 3.8) is 0 Å². The molecule has 0 aliphatic rings. The normalized spacial score (nSPS) is 13.3. The molecule has 1 unspecified atom stereocenters. The highest BCUT2D eigenvalue weighted by Crippen LogP contribution is 2.24. The highest BCUT2D eigenvalue weighted by Gasteiger charge is 2.21. The summed E-state index contributed by atoms with van der Waals surface area (Å²) in [5.74, 6) is 0. The number of sulfonamides is 1. The lowest BCUT2D eigenvalue weighted by atomic mass is 10.1. The fraction of sp³-hybridized carbons (Fsp3) is 0.333. The minimum absolute atomic E-state index is 0.161. The van der Waals surface area contributed by atoms with Gasteiger partial charge in [-0.3, -0.25) is 0 Å². The standard InChI is InChI=1S/C15H18ClNO2S2/c1-3-12(10-14-13(16)8-9-20-14)17-21(18,19)15-7-5-4-6-11(15)2/h4-9,12,17H,3,10H2,1-2H3. The number of rotatable bonds is 6. The van der Waals surface area contributed by atoms with Gasteiger partial charge in [-0.2, -0.15) is 0 Å². The Morgan fingerprint density at radius 3 is 2.57 bits per heavy atom. The molecule has 2 aromatic rings. The molecule has 0 radical (unpaired) electrons. The summed E-state index contributed by atoms with van der Waals surface area (Å²) in [5, 5.41) is 2.62. The molecule has 3 nitrogen and oxygen atoms in total. The summed E-state index contributed by atoms with van der Waals surface area (Å²) < 4.78 is 27.8. The summed E-state index contributed by atoms with van der Waals surface area (Å²) in [6.45, 7) is 3.76. The third kappa shape index (κ3) is 4.07. The van der Waals surface area contributed by atoms with Crippen LogP contribution in [0.4, 0.5) is 0 Å². The van der Waals surface area contributed by atoms with Gasteiger partial charge in [0.1, 0.15) is 0 Å². The molecule has 0 aliphatic carbocycles. The maximum Gasteiger partial charge on any atom is 0.241 e. The number of hydrogen-bond acceptors (Lipinski definition) is 3. The summed E-state index contributed by atoms with van der Waals surface area (Å²) in [7, 11) is -3.51. The summed E-state index contributed by atoms with van der Waals surface area (Å²) in [6, 6.07) is 8.67. The number of nitrogens with one attached hydrogen (secondary N) is 1. The van der Waals surface area contributed by atoms with Crippen molar-refractivity contribution in [1.82, 2.24) is 4.72 Å². The van der Waals surface area contributed by atoms with Crippen molar-refractivity contribution < 1.29 is 8.42 Å². The second kappa shape index (κ2) is 6.92. The molecule has 0 fully saturated rings. The summed E-state index contributed by atoms with van der Waals surface area (Å²) >= 11 is 7.64. The highest BCUT2D eigenvalue weighted by atomic mass is 35.5. The summed E-state index contributed by atoms with van der Waals surface area (Å²) in [4.78, 5) is 1.34. The van der Waals surface area contributed by atoms with Crippen molar-refractivity contribution in [2.24, 2.45) is 0 Å². The van der Waals surface area contributed by atoms with E-state index >= 15 is 0 Å². The Morgan fingerprint density at radius 1 is 1.29 bits per heavy atom. The van der Waals surface area contributed by atoms with E-state index < -0.39 is 10.0 Å². The van der Waals surface area contributed by atoms with Crippen LogP contribution < -0.4 is 4.72 Å². The van der Waals surface area contributed by atoms with E-state index in [1.165, 1.54) is 0 Å². The number of halogens is 1. The first kappa shape index (κ1) is 16.5. The van der Waals surface area contributed by atoms with Crippen molar-refractivity contribution in [1.29, 1.82) is 0 Å². The second-order valence-electron chi connectivity index (χ2n) is 4.89. The van der Waals surface area contributed by atoms with E-state index in [9.17, 15) is 8.42 Å². The lowest BCUT2D eigenvalue weighted by Crippen LogP contribution is -2.36. The minimum atomic E-state index is -3.51. The maximum atomic E-state index is 12.5. The van der Waals surface area contributed by atoms with Gasteiger partial charge in [-0.25, -0.2) is 13.1 Å². The van der Waals surface area contributed by atoms with E-state index in [1.807, 2.05) is 24.4 Å². The fourth-order valence-corrected chi connectivity index (χ4v) is 4.87. The lowest BCUT2D eigenvalue weighted by Gasteiger charge is -2.17. The molecular weight excluding hydrogens is 326 g/mol. The van der Waals surface area contributed by atoms with E-state index in [0.717, 1.165) is 10.4 Å². The van der Waals surface area contributed by atoms with Crippen LogP contribution in [0.1, 0.15) is 23.8 Å². The molecule has 1 aromatic carbocycles. The molecule has 0 bridgehead atoms. The first-order chi connectivity index (χ1) is 9.94. The molecule has 1 heterocycles. The van der Waals surface area contributed by atoms with E-state index in [-0.39, 0.29) is 6.04 Å². The molecule has 0 amide bonds. The van der Waals surface area contributed by atoms with Crippen molar-refractivity contribution in [2.45, 2.75) is 37.6 Å². The molecule has 0 spiro atoms. The first-order valence-corrected chi connectivity index (χ1v) is 9.48. The Kier molecular flexibility index (Phi) is 5.43. The van der Waals surface area contributed by atoms with Crippen molar-refractivity contribution in [3.8, 4) is 0 Å². The van der Waals surface area contributed by atoms with Crippen molar-refractivity contribution >= 4 is 33.0 Å². The predicted octanol–water partition coefficient (Wildman–Crippen LogP) is 4.01. The minimum Gasteiger partial charge on any atom is -0.208 e. The quantitative estimate of drug-likeness (QED) is 0.861. The zero-order valence-corrected chi connectivity index (χ0v) is 14.4. The van der Waals surface area contributed by atoms with Crippen LogP contribution in [0.15, 0.2) is 40.6 Å². The van der Waals surface area contributed by atoms with Crippen LogP contribution in [-0.4, -0.2) is 14.5 Å². The van der Waals surface area contributed by atoms with Crippen LogP contribution in [0, 0.1) is 6.92 Å². The Morgan fingerprint density at radius 2 is 2.00 bits per heavy atom. The molecule has 21 heavy (non-hydrogen) atoms. The van der Waals surface area contributed by atoms with Gasteiger partial charge in [0.25, 0.3) is 0 Å². The first-order valence-electron chi connectivity index (χ1n) is 6.74. The second-order valence-corrected chi connectivity index (χ2v) is 7.98. The van der Waals surface area contributed by atoms with E-state index in [2.05, 4.69) is 4.72 Å². The van der Waals surface area contributed by atoms with Gasteiger partial charge < -0.3 is 0 Å². The van der Waals surface area contributed by atoms with E-state index in [4.69, 9.17) is 11.6 Å². The predicted molar refractivity (Wildman–Crippen MR) is 88.6 cm³/mol. The third-order valence-corrected chi connectivity index (χ3v) is 6.41. The lowest BCUT2D eigenvalue weighted by molar-refractivity contribution is 0.538. The number of hydrogen-bond donors (Lipinski definition) is 1. The molecule has 1 N–H and O–H groups in total. The van der Waals surface area contributed by atoms with Crippen molar-refractivity contribution in [2.75, 3.05) is 0 Å². The van der Waals surface area contributed by atoms with Gasteiger partial charge in [0.15, 0.2) is 0 Å². The monoisotopic (exact) mass is 343 g/mol. The van der Waals surface area contributed by atoms with Crippen molar-refractivity contribution in [3.05, 3.63) is 51.2 Å². The van der Waals surface area contributed by atoms with E-state index in [1.54, 1.807) is 36.5 Å². The van der Waals surface area contributed by atoms with Gasteiger partial charge in [0.2, 0.25) is 10.0 Å². The van der Waals surface area contributed by atoms with Gasteiger partial charge >= 0.3 is 0 Å². The Labute approximate surface area is 135 Å². The van der Waals surface area contributed by atoms with Gasteiger partial charge in [0.05, 0.1) is 9.92 Å². The fourth-order valence-electron chi connectivity index (χ4n) is 2.10. The van der Waals surface area contributed by atoms with Crippen LogP contribution >= 0.6 is 22.9 Å². The molecule has 6 heteroatoms. The van der Waals surface area contributed by atoms with Crippen LogP contribution in [0.2, 0.25) is 5.02 Å². The third-order valence-electron chi connectivity index (χ3n) is 3.32. The summed E-state index contributed by atoms with van der Waals surface area (Å²) in [5.41, 5.74) is 0.744. The van der Waals surface area contributed by atoms with Gasteiger partial charge in [-0.15, -0.1) is 11.3 Å². The molecule has 0 saturated carbocycles. The zero-order chi connectivity index (χ0) is 15.5. The zero-order valence-electron chi connectivity index (χ0n) is 12.0. The van der Waals surface area contributed by atoms with Crippen LogP contribution in [0.25, 0.3) is 0 Å². The molecular formula is C15H18ClNO2S2. The Bertz CT molecular complexity index is 710. The van der Waals surface area contributed by atoms with Gasteiger partial charge in [0, 0.05) is 10.9 Å². The summed E-state index contributed by atoms with van der Waals surface area (Å²) in [6.07, 6.45) is 1.32. The highest BCUT2D eigenvalue weighted by molar-refractivity contribution is 7.89. The van der Waals surface area contributed by atoms with Crippen LogP contribution in [-0.2, 0) is 16.4 Å². The average Bonchev–Trinajstić information content (AvgIpc) is 2.83. The maximum absolute atomic E-state index is 12.5. The topological polar surface area (TPSA) is 46.2 Å². The molecule has 1 atom stereocenters. The van der Waals surface area contributed by atoms with Crippen LogP contribution in [0.5, 0.6) is 0 Å². The molecule has 2 rings (SSSR count). The smallest absolute Gasteiger partial charge is 0.208 e.